The van der Waals surface area contributed by atoms with Crippen molar-refractivity contribution in [2.24, 2.45) is 0 Å². The smallest absolute Gasteiger partial charge is 0.333 e. The summed E-state index contributed by atoms with van der Waals surface area (Å²) in [5.74, 6) is -0.275. The van der Waals surface area contributed by atoms with Crippen LogP contribution in [0, 0.1) is 0 Å². The number of ether oxygens (including phenoxy) is 1. The topological polar surface area (TPSA) is 26.3 Å². The van der Waals surface area contributed by atoms with Crippen molar-refractivity contribution in [3.63, 3.8) is 0 Å². The van der Waals surface area contributed by atoms with Gasteiger partial charge < -0.3 is 4.74 Å². The molecule has 0 spiro atoms. The summed E-state index contributed by atoms with van der Waals surface area (Å²) in [6, 6.07) is 0. The van der Waals surface area contributed by atoms with Crippen LogP contribution in [0.25, 0.3) is 0 Å². The number of esters is 1. The molecule has 0 bridgehead atoms. The Balaban J connectivity index is 3.16. The molecule has 0 atom stereocenters. The Hall–Kier alpha value is 0.00688. The van der Waals surface area contributed by atoms with Gasteiger partial charge in [0.2, 0.25) is 0 Å². The van der Waals surface area contributed by atoms with Gasteiger partial charge in [0.25, 0.3) is 0 Å². The molecule has 0 aliphatic rings. The van der Waals surface area contributed by atoms with Gasteiger partial charge in [-0.3, -0.25) is 0 Å². The molecule has 0 aromatic heterocycles. The maximum Gasteiger partial charge on any atom is 0.333 e. The fourth-order valence-corrected chi connectivity index (χ4v) is 2.68. The largest absolute Gasteiger partial charge is 0.462 e. The van der Waals surface area contributed by atoms with E-state index in [9.17, 15) is 4.79 Å². The van der Waals surface area contributed by atoms with Gasteiger partial charge in [-0.05, 0) is 19.8 Å². The second kappa shape index (κ2) is 12.5. The average molecular weight is 353 g/mol. The second-order valence-electron chi connectivity index (χ2n) is 5.92. The SMILES string of the molecule is C=C(C)C(=O)OCCCCCCCCCCCC([SiH3])(Cl)Cl. The highest BCUT2D eigenvalue weighted by atomic mass is 35.5. The molecule has 0 aromatic rings. The van der Waals surface area contributed by atoms with Crippen LogP contribution in [-0.4, -0.2) is 26.8 Å². The van der Waals surface area contributed by atoms with E-state index in [4.69, 9.17) is 27.9 Å². The van der Waals surface area contributed by atoms with Crippen molar-refractivity contribution in [1.82, 2.24) is 0 Å². The van der Waals surface area contributed by atoms with Crippen LogP contribution in [0.1, 0.15) is 71.1 Å². The first-order valence-corrected chi connectivity index (χ1v) is 9.79. The molecular weight excluding hydrogens is 323 g/mol. The maximum atomic E-state index is 11.1. The van der Waals surface area contributed by atoms with E-state index in [0.29, 0.717) is 12.2 Å². The molecule has 0 aliphatic carbocycles. The van der Waals surface area contributed by atoms with Gasteiger partial charge in [-0.2, -0.15) is 0 Å². The van der Waals surface area contributed by atoms with E-state index in [1.54, 1.807) is 6.92 Å². The van der Waals surface area contributed by atoms with E-state index in [0.717, 1.165) is 35.9 Å². The summed E-state index contributed by atoms with van der Waals surface area (Å²) in [6.45, 7) is 5.74. The number of halogens is 2. The summed E-state index contributed by atoms with van der Waals surface area (Å²) < 4.78 is 4.62. The molecule has 0 amide bonds. The fourth-order valence-electron chi connectivity index (χ4n) is 2.06. The van der Waals surface area contributed by atoms with Gasteiger partial charge in [-0.1, -0.05) is 57.9 Å². The van der Waals surface area contributed by atoms with Gasteiger partial charge in [0, 0.05) is 15.8 Å². The molecule has 0 N–H and O–H groups in total. The predicted octanol–water partition coefficient (Wildman–Crippen LogP) is 4.50. The molecule has 0 saturated carbocycles. The van der Waals surface area contributed by atoms with Crippen molar-refractivity contribution >= 4 is 39.4 Å². The Morgan fingerprint density at radius 3 is 1.86 bits per heavy atom. The van der Waals surface area contributed by atoms with Crippen LogP contribution in [0.4, 0.5) is 0 Å². The van der Waals surface area contributed by atoms with Crippen molar-refractivity contribution < 1.29 is 9.53 Å². The Morgan fingerprint density at radius 2 is 1.43 bits per heavy atom. The number of hydrogen-bond acceptors (Lipinski definition) is 2. The van der Waals surface area contributed by atoms with Gasteiger partial charge in [-0.15, -0.1) is 23.2 Å². The first kappa shape index (κ1) is 21.0. The van der Waals surface area contributed by atoms with E-state index in [-0.39, 0.29) is 5.97 Å². The van der Waals surface area contributed by atoms with E-state index in [1.807, 2.05) is 0 Å². The molecule has 0 fully saturated rings. The summed E-state index contributed by atoms with van der Waals surface area (Å²) in [6.07, 6.45) is 11.8. The molecular formula is C16H30Cl2O2Si. The molecule has 2 nitrogen and oxygen atoms in total. The molecule has 0 rings (SSSR count). The number of unbranched alkanes of at least 4 members (excludes halogenated alkanes) is 8. The van der Waals surface area contributed by atoms with Gasteiger partial charge >= 0.3 is 5.97 Å². The lowest BCUT2D eigenvalue weighted by Gasteiger charge is -2.12. The third-order valence-electron chi connectivity index (χ3n) is 3.34. The minimum absolute atomic E-state index is 0.275. The Labute approximate surface area is 143 Å². The lowest BCUT2D eigenvalue weighted by atomic mass is 10.1. The fraction of sp³-hybridized carbons (Fsp3) is 0.812. The zero-order valence-corrected chi connectivity index (χ0v) is 17.1. The first-order valence-electron chi connectivity index (χ1n) is 8.03. The van der Waals surface area contributed by atoms with Gasteiger partial charge in [0.15, 0.2) is 0 Å². The van der Waals surface area contributed by atoms with E-state index in [2.05, 4.69) is 6.58 Å². The normalized spacial score (nSPS) is 11.6. The van der Waals surface area contributed by atoms with Crippen LogP contribution in [-0.2, 0) is 9.53 Å². The van der Waals surface area contributed by atoms with Crippen LogP contribution in [0.2, 0.25) is 0 Å². The van der Waals surface area contributed by atoms with Crippen molar-refractivity contribution in [3.8, 4) is 0 Å². The molecule has 0 unspecified atom stereocenters. The Bertz CT molecular complexity index is 301. The molecule has 21 heavy (non-hydrogen) atoms. The molecule has 0 aliphatic heterocycles. The minimum atomic E-state index is -0.423. The molecule has 0 heterocycles. The maximum absolute atomic E-state index is 11.1. The number of alkyl halides is 2. The third-order valence-corrected chi connectivity index (χ3v) is 4.22. The summed E-state index contributed by atoms with van der Waals surface area (Å²) in [5, 5.41) is 0. The average Bonchev–Trinajstić information content (AvgIpc) is 2.38. The van der Waals surface area contributed by atoms with Crippen LogP contribution in [0.3, 0.4) is 0 Å². The third kappa shape index (κ3) is 16.2. The predicted molar refractivity (Wildman–Crippen MR) is 96.3 cm³/mol. The molecule has 0 aromatic carbocycles. The number of carbonyl (C=O) groups excluding carboxylic acids is 1. The van der Waals surface area contributed by atoms with Crippen LogP contribution in [0.5, 0.6) is 0 Å². The zero-order chi connectivity index (χ0) is 16.1. The summed E-state index contributed by atoms with van der Waals surface area (Å²) >= 11 is 12.0. The standard InChI is InChI=1S/C16H30Cl2O2Si/c1-14(2)15(19)20-13-11-9-7-5-3-4-6-8-10-12-16(17,18)21/h1,3-13H2,2,21H3. The summed E-state index contributed by atoms with van der Waals surface area (Å²) in [4.78, 5) is 11.1. The van der Waals surface area contributed by atoms with E-state index < -0.39 is 3.96 Å². The van der Waals surface area contributed by atoms with Crippen molar-refractivity contribution in [1.29, 1.82) is 0 Å². The minimum Gasteiger partial charge on any atom is -0.462 e. The number of hydrogen-bond donors (Lipinski definition) is 0. The van der Waals surface area contributed by atoms with Crippen molar-refractivity contribution in [2.45, 2.75) is 75.1 Å². The monoisotopic (exact) mass is 352 g/mol. The first-order chi connectivity index (χ1) is 9.83. The highest BCUT2D eigenvalue weighted by Gasteiger charge is 2.14. The van der Waals surface area contributed by atoms with Crippen LogP contribution < -0.4 is 0 Å². The van der Waals surface area contributed by atoms with Gasteiger partial charge in [-0.25, -0.2) is 4.79 Å². The van der Waals surface area contributed by atoms with E-state index >= 15 is 0 Å². The Kier molecular flexibility index (Phi) is 12.5. The molecule has 5 heteroatoms. The number of carbonyl (C=O) groups is 1. The summed E-state index contributed by atoms with van der Waals surface area (Å²) in [5.41, 5.74) is 0.473. The highest BCUT2D eigenvalue weighted by molar-refractivity contribution is 6.65. The molecule has 0 radical (unpaired) electrons. The molecule has 124 valence electrons. The van der Waals surface area contributed by atoms with Crippen molar-refractivity contribution in [2.75, 3.05) is 6.61 Å². The van der Waals surface area contributed by atoms with E-state index in [1.165, 1.54) is 38.5 Å². The Morgan fingerprint density at radius 1 is 1.00 bits per heavy atom. The van der Waals surface area contributed by atoms with Gasteiger partial charge in [0.05, 0.1) is 10.6 Å². The number of rotatable bonds is 13. The van der Waals surface area contributed by atoms with Crippen molar-refractivity contribution in [3.05, 3.63) is 12.2 Å². The lowest BCUT2D eigenvalue weighted by Crippen LogP contribution is -2.11. The highest BCUT2D eigenvalue weighted by Crippen LogP contribution is 2.23. The summed E-state index contributed by atoms with van der Waals surface area (Å²) in [7, 11) is 0.841. The second-order valence-corrected chi connectivity index (χ2v) is 10.8. The van der Waals surface area contributed by atoms with Gasteiger partial charge in [0.1, 0.15) is 0 Å². The molecule has 0 saturated heterocycles. The quantitative estimate of drug-likeness (QED) is 0.160. The van der Waals surface area contributed by atoms with Crippen LogP contribution >= 0.6 is 23.2 Å². The zero-order valence-electron chi connectivity index (χ0n) is 13.6. The lowest BCUT2D eigenvalue weighted by molar-refractivity contribution is -0.139. The van der Waals surface area contributed by atoms with Crippen LogP contribution in [0.15, 0.2) is 12.2 Å².